The molecule has 1 aromatic rings. The summed E-state index contributed by atoms with van der Waals surface area (Å²) in [6.07, 6.45) is 2.53. The Morgan fingerprint density at radius 1 is 1.11 bits per heavy atom. The van der Waals surface area contributed by atoms with Gasteiger partial charge in [-0.25, -0.2) is 4.79 Å². The third-order valence-corrected chi connectivity index (χ3v) is 4.96. The normalized spacial score (nSPS) is 21.1. The van der Waals surface area contributed by atoms with Crippen LogP contribution in [0.25, 0.3) is 0 Å². The van der Waals surface area contributed by atoms with Crippen molar-refractivity contribution in [1.29, 1.82) is 0 Å². The Kier molecular flexibility index (Phi) is 6.05. The fourth-order valence-corrected chi connectivity index (χ4v) is 3.67. The molecule has 0 saturated carbocycles. The minimum absolute atomic E-state index is 0.0365. The molecule has 1 atom stereocenters. The molecule has 2 fully saturated rings. The van der Waals surface area contributed by atoms with E-state index in [0.29, 0.717) is 19.7 Å². The van der Waals surface area contributed by atoms with Crippen molar-refractivity contribution in [3.05, 3.63) is 30.3 Å². The van der Waals surface area contributed by atoms with Gasteiger partial charge in [0.2, 0.25) is 0 Å². The first kappa shape index (κ1) is 19.7. The summed E-state index contributed by atoms with van der Waals surface area (Å²) in [5, 5.41) is 0. The lowest BCUT2D eigenvalue weighted by atomic mass is 10.0. The van der Waals surface area contributed by atoms with Crippen LogP contribution in [0, 0.1) is 0 Å². The Labute approximate surface area is 161 Å². The van der Waals surface area contributed by atoms with Gasteiger partial charge in [0.1, 0.15) is 11.7 Å². The van der Waals surface area contributed by atoms with Crippen LogP contribution in [0.1, 0.15) is 46.5 Å². The number of nitrogens with zero attached hydrogens (tertiary/aromatic N) is 2. The molecule has 0 bridgehead atoms. The van der Waals surface area contributed by atoms with Crippen LogP contribution in [0.4, 0.5) is 10.5 Å². The Bertz CT molecular complexity index is 642. The smallest absolute Gasteiger partial charge is 0.410 e. The van der Waals surface area contributed by atoms with Crippen molar-refractivity contribution in [2.75, 3.05) is 24.6 Å². The molecular weight excluding hydrogens is 344 g/mol. The summed E-state index contributed by atoms with van der Waals surface area (Å²) >= 11 is 0. The first-order valence-electron chi connectivity index (χ1n) is 9.83. The highest BCUT2D eigenvalue weighted by Crippen LogP contribution is 2.27. The van der Waals surface area contributed by atoms with Crippen LogP contribution in [0.5, 0.6) is 0 Å². The first-order valence-corrected chi connectivity index (χ1v) is 9.83. The molecule has 1 aromatic carbocycles. The Balaban J connectivity index is 1.69. The van der Waals surface area contributed by atoms with E-state index in [1.54, 1.807) is 4.90 Å². The number of hydrogen-bond donors (Lipinski definition) is 0. The summed E-state index contributed by atoms with van der Waals surface area (Å²) in [4.78, 5) is 29.1. The highest BCUT2D eigenvalue weighted by molar-refractivity contribution is 5.97. The lowest BCUT2D eigenvalue weighted by molar-refractivity contribution is -0.128. The number of hydrogen-bond acceptors (Lipinski definition) is 4. The van der Waals surface area contributed by atoms with Gasteiger partial charge >= 0.3 is 6.09 Å². The summed E-state index contributed by atoms with van der Waals surface area (Å²) in [6, 6.07) is 9.83. The SMILES string of the molecule is CC(C)(C)OC(=O)N1CCC(N(C(=O)[C@@H]2CCCO2)c2ccccc2)CC1. The minimum atomic E-state index is -0.500. The van der Waals surface area contributed by atoms with Crippen LogP contribution in [0.2, 0.25) is 0 Å². The first-order chi connectivity index (χ1) is 12.8. The topological polar surface area (TPSA) is 59.1 Å². The van der Waals surface area contributed by atoms with Crippen molar-refractivity contribution >= 4 is 17.7 Å². The number of carbonyl (C=O) groups is 2. The summed E-state index contributed by atoms with van der Waals surface area (Å²) in [5.74, 6) is 0.0365. The second kappa shape index (κ2) is 8.30. The maximum Gasteiger partial charge on any atom is 0.410 e. The molecule has 27 heavy (non-hydrogen) atoms. The minimum Gasteiger partial charge on any atom is -0.444 e. The van der Waals surface area contributed by atoms with Gasteiger partial charge in [-0.15, -0.1) is 0 Å². The van der Waals surface area contributed by atoms with Crippen LogP contribution in [-0.2, 0) is 14.3 Å². The zero-order chi connectivity index (χ0) is 19.4. The number of rotatable bonds is 3. The molecule has 0 radical (unpaired) electrons. The predicted molar refractivity (Wildman–Crippen MR) is 104 cm³/mol. The van der Waals surface area contributed by atoms with E-state index in [4.69, 9.17) is 9.47 Å². The number of likely N-dealkylation sites (tertiary alicyclic amines) is 1. The van der Waals surface area contributed by atoms with E-state index in [1.807, 2.05) is 56.0 Å². The van der Waals surface area contributed by atoms with Crippen LogP contribution in [0.15, 0.2) is 30.3 Å². The van der Waals surface area contributed by atoms with Gasteiger partial charge in [0, 0.05) is 31.4 Å². The van der Waals surface area contributed by atoms with Crippen molar-refractivity contribution in [1.82, 2.24) is 4.90 Å². The molecular formula is C21H30N2O4. The van der Waals surface area contributed by atoms with Gasteiger partial charge in [-0.2, -0.15) is 0 Å². The number of benzene rings is 1. The van der Waals surface area contributed by atoms with Gasteiger partial charge in [0.15, 0.2) is 0 Å². The Hall–Kier alpha value is -2.08. The van der Waals surface area contributed by atoms with E-state index < -0.39 is 5.60 Å². The van der Waals surface area contributed by atoms with Crippen molar-refractivity contribution in [2.45, 2.75) is 64.2 Å². The van der Waals surface area contributed by atoms with Crippen LogP contribution < -0.4 is 4.90 Å². The lowest BCUT2D eigenvalue weighted by Gasteiger charge is -2.39. The zero-order valence-electron chi connectivity index (χ0n) is 16.5. The number of piperidine rings is 1. The predicted octanol–water partition coefficient (Wildman–Crippen LogP) is 3.60. The van der Waals surface area contributed by atoms with Crippen molar-refractivity contribution < 1.29 is 19.1 Å². The molecule has 0 aliphatic carbocycles. The van der Waals surface area contributed by atoms with Crippen molar-refractivity contribution in [3.8, 4) is 0 Å². The average Bonchev–Trinajstić information content (AvgIpc) is 3.16. The standard InChI is InChI=1S/C21H30N2O4/c1-21(2,3)27-20(25)22-13-11-17(12-14-22)23(16-8-5-4-6-9-16)19(24)18-10-7-15-26-18/h4-6,8-9,17-18H,7,10-15H2,1-3H3/t18-/m0/s1. The molecule has 2 heterocycles. The quantitative estimate of drug-likeness (QED) is 0.811. The molecule has 0 aromatic heterocycles. The zero-order valence-corrected chi connectivity index (χ0v) is 16.5. The fourth-order valence-electron chi connectivity index (χ4n) is 3.67. The number of para-hydroxylation sites is 1. The van der Waals surface area contributed by atoms with Crippen LogP contribution in [0.3, 0.4) is 0 Å². The maximum atomic E-state index is 13.1. The van der Waals surface area contributed by atoms with E-state index in [1.165, 1.54) is 0 Å². The van der Waals surface area contributed by atoms with E-state index >= 15 is 0 Å². The lowest BCUT2D eigenvalue weighted by Crippen LogP contribution is -2.52. The molecule has 2 aliphatic rings. The van der Waals surface area contributed by atoms with Gasteiger partial charge in [0.05, 0.1) is 0 Å². The van der Waals surface area contributed by atoms with Gasteiger partial charge in [-0.1, -0.05) is 18.2 Å². The molecule has 0 spiro atoms. The van der Waals surface area contributed by atoms with Gasteiger partial charge < -0.3 is 19.3 Å². The summed E-state index contributed by atoms with van der Waals surface area (Å²) in [5.41, 5.74) is 0.397. The molecule has 148 valence electrons. The molecule has 2 amide bonds. The highest BCUT2D eigenvalue weighted by Gasteiger charge is 2.36. The van der Waals surface area contributed by atoms with E-state index in [9.17, 15) is 9.59 Å². The van der Waals surface area contributed by atoms with Crippen LogP contribution >= 0.6 is 0 Å². The fraction of sp³-hybridized carbons (Fsp3) is 0.619. The third-order valence-electron chi connectivity index (χ3n) is 4.96. The van der Waals surface area contributed by atoms with E-state index in [0.717, 1.165) is 31.4 Å². The van der Waals surface area contributed by atoms with Crippen molar-refractivity contribution in [3.63, 3.8) is 0 Å². The van der Waals surface area contributed by atoms with E-state index in [-0.39, 0.29) is 24.1 Å². The number of carbonyl (C=O) groups excluding carboxylic acids is 2. The average molecular weight is 374 g/mol. The maximum absolute atomic E-state index is 13.1. The number of amides is 2. The summed E-state index contributed by atoms with van der Waals surface area (Å²) < 4.78 is 11.1. The molecule has 2 aliphatic heterocycles. The highest BCUT2D eigenvalue weighted by atomic mass is 16.6. The van der Waals surface area contributed by atoms with Gasteiger partial charge in [-0.05, 0) is 58.6 Å². The number of ether oxygens (including phenoxy) is 2. The largest absolute Gasteiger partial charge is 0.444 e. The molecule has 2 saturated heterocycles. The molecule has 6 nitrogen and oxygen atoms in total. The molecule has 0 N–H and O–H groups in total. The monoisotopic (exact) mass is 374 g/mol. The summed E-state index contributed by atoms with van der Waals surface area (Å²) in [7, 11) is 0. The van der Waals surface area contributed by atoms with Gasteiger partial charge in [-0.3, -0.25) is 4.79 Å². The molecule has 0 unspecified atom stereocenters. The molecule has 3 rings (SSSR count). The summed E-state index contributed by atoms with van der Waals surface area (Å²) in [6.45, 7) is 7.43. The second-order valence-electron chi connectivity index (χ2n) is 8.24. The molecule has 6 heteroatoms. The third kappa shape index (κ3) is 5.01. The van der Waals surface area contributed by atoms with E-state index in [2.05, 4.69) is 0 Å². The Morgan fingerprint density at radius 3 is 2.33 bits per heavy atom. The van der Waals surface area contributed by atoms with Gasteiger partial charge in [0.25, 0.3) is 5.91 Å². The Morgan fingerprint density at radius 2 is 1.78 bits per heavy atom. The van der Waals surface area contributed by atoms with Crippen molar-refractivity contribution in [2.24, 2.45) is 0 Å². The van der Waals surface area contributed by atoms with Crippen LogP contribution in [-0.4, -0.2) is 54.3 Å². The second-order valence-corrected chi connectivity index (χ2v) is 8.24. The number of anilines is 1.